The summed E-state index contributed by atoms with van der Waals surface area (Å²) in [7, 11) is 0. The van der Waals surface area contributed by atoms with Gasteiger partial charge in [-0.05, 0) is 25.5 Å². The third-order valence-electron chi connectivity index (χ3n) is 2.54. The first-order chi connectivity index (χ1) is 8.04. The molecule has 1 rings (SSSR count). The summed E-state index contributed by atoms with van der Waals surface area (Å²) in [5.74, 6) is -0.128. The van der Waals surface area contributed by atoms with Gasteiger partial charge in [-0.3, -0.25) is 4.79 Å². The molecule has 0 aliphatic heterocycles. The molecule has 0 bridgehead atoms. The monoisotopic (exact) mass is 250 g/mol. The lowest BCUT2D eigenvalue weighted by atomic mass is 10.1. The van der Waals surface area contributed by atoms with Crippen LogP contribution < -0.4 is 11.1 Å². The Balaban J connectivity index is 2.70. The zero-order valence-corrected chi connectivity index (χ0v) is 11.0. The molecule has 1 aromatic rings. The number of aryl methyl sites for hydroxylation is 1. The van der Waals surface area contributed by atoms with Crippen LogP contribution in [0, 0.1) is 6.92 Å². The molecule has 0 heterocycles. The standard InChI is InChI=1S/C13H18N2OS/c1-3-4-11(12(14)17)15-13(16)10-7-5-9(2)6-8-10/h5-8,11H,3-4H2,1-2H3,(H2,14,17)(H,15,16). The second kappa shape index (κ2) is 6.35. The van der Waals surface area contributed by atoms with Gasteiger partial charge in [-0.25, -0.2) is 0 Å². The van der Waals surface area contributed by atoms with Crippen LogP contribution in [0.2, 0.25) is 0 Å². The maximum atomic E-state index is 11.9. The highest BCUT2D eigenvalue weighted by atomic mass is 32.1. The van der Waals surface area contributed by atoms with E-state index < -0.39 is 0 Å². The minimum Gasteiger partial charge on any atom is -0.392 e. The Morgan fingerprint density at radius 2 is 2.00 bits per heavy atom. The number of thiocarbonyl (C=S) groups is 1. The van der Waals surface area contributed by atoms with Gasteiger partial charge in [-0.1, -0.05) is 43.3 Å². The number of benzene rings is 1. The lowest BCUT2D eigenvalue weighted by Crippen LogP contribution is -2.43. The largest absolute Gasteiger partial charge is 0.392 e. The van der Waals surface area contributed by atoms with E-state index >= 15 is 0 Å². The van der Waals surface area contributed by atoms with Crippen LogP contribution in [0.3, 0.4) is 0 Å². The van der Waals surface area contributed by atoms with Crippen molar-refractivity contribution in [2.45, 2.75) is 32.7 Å². The molecule has 1 atom stereocenters. The molecule has 0 saturated heterocycles. The smallest absolute Gasteiger partial charge is 0.251 e. The molecule has 0 aliphatic carbocycles. The first-order valence-electron chi connectivity index (χ1n) is 5.71. The fraction of sp³-hybridized carbons (Fsp3) is 0.385. The third-order valence-corrected chi connectivity index (χ3v) is 2.82. The van der Waals surface area contributed by atoms with Crippen molar-refractivity contribution in [1.29, 1.82) is 0 Å². The minimum atomic E-state index is -0.219. The molecule has 3 N–H and O–H groups in total. The molecule has 0 aliphatic rings. The van der Waals surface area contributed by atoms with Crippen molar-refractivity contribution in [2.24, 2.45) is 5.73 Å². The first kappa shape index (κ1) is 13.6. The van der Waals surface area contributed by atoms with Crippen molar-refractivity contribution in [3.63, 3.8) is 0 Å². The Hall–Kier alpha value is -1.42. The number of nitrogens with two attached hydrogens (primary N) is 1. The second-order valence-electron chi connectivity index (χ2n) is 4.08. The maximum absolute atomic E-state index is 11.9. The predicted octanol–water partition coefficient (Wildman–Crippen LogP) is 2.18. The molecule has 3 nitrogen and oxygen atoms in total. The molecule has 4 heteroatoms. The zero-order chi connectivity index (χ0) is 12.8. The van der Waals surface area contributed by atoms with Gasteiger partial charge in [0.05, 0.1) is 11.0 Å². The summed E-state index contributed by atoms with van der Waals surface area (Å²) < 4.78 is 0. The lowest BCUT2D eigenvalue weighted by Gasteiger charge is -2.16. The van der Waals surface area contributed by atoms with Crippen molar-refractivity contribution >= 4 is 23.1 Å². The molecule has 0 fully saturated rings. The van der Waals surface area contributed by atoms with Crippen LogP contribution in [0.1, 0.15) is 35.7 Å². The number of carbonyl (C=O) groups excluding carboxylic acids is 1. The molecule has 0 spiro atoms. The normalized spacial score (nSPS) is 11.9. The fourth-order valence-electron chi connectivity index (χ4n) is 1.52. The van der Waals surface area contributed by atoms with E-state index in [9.17, 15) is 4.79 Å². The summed E-state index contributed by atoms with van der Waals surface area (Å²) in [6.45, 7) is 4.01. The van der Waals surface area contributed by atoms with E-state index in [-0.39, 0.29) is 11.9 Å². The number of hydrogen-bond acceptors (Lipinski definition) is 2. The van der Waals surface area contributed by atoms with Gasteiger partial charge < -0.3 is 11.1 Å². The number of amides is 1. The van der Waals surface area contributed by atoms with Crippen molar-refractivity contribution in [3.05, 3.63) is 35.4 Å². The first-order valence-corrected chi connectivity index (χ1v) is 6.12. The highest BCUT2D eigenvalue weighted by molar-refractivity contribution is 7.80. The summed E-state index contributed by atoms with van der Waals surface area (Å²) in [4.78, 5) is 12.3. The van der Waals surface area contributed by atoms with Crippen molar-refractivity contribution < 1.29 is 4.79 Å². The molecular weight excluding hydrogens is 232 g/mol. The average molecular weight is 250 g/mol. The fourth-order valence-corrected chi connectivity index (χ4v) is 1.70. The quantitative estimate of drug-likeness (QED) is 0.788. The summed E-state index contributed by atoms with van der Waals surface area (Å²) in [6.07, 6.45) is 1.70. The lowest BCUT2D eigenvalue weighted by molar-refractivity contribution is 0.0945. The van der Waals surface area contributed by atoms with Gasteiger partial charge in [0.1, 0.15) is 0 Å². The topological polar surface area (TPSA) is 55.1 Å². The Kier molecular flexibility index (Phi) is 5.10. The van der Waals surface area contributed by atoms with Crippen molar-refractivity contribution in [2.75, 3.05) is 0 Å². The van der Waals surface area contributed by atoms with Gasteiger partial charge in [0.25, 0.3) is 5.91 Å². The summed E-state index contributed by atoms with van der Waals surface area (Å²) in [6, 6.07) is 7.19. The minimum absolute atomic E-state index is 0.128. The predicted molar refractivity (Wildman–Crippen MR) is 74.1 cm³/mol. The van der Waals surface area contributed by atoms with Crippen LogP contribution in [0.5, 0.6) is 0 Å². The van der Waals surface area contributed by atoms with Crippen LogP contribution in [0.4, 0.5) is 0 Å². The Morgan fingerprint density at radius 1 is 1.41 bits per heavy atom. The Bertz CT molecular complexity index is 400. The number of rotatable bonds is 5. The molecule has 17 heavy (non-hydrogen) atoms. The van der Waals surface area contributed by atoms with Gasteiger partial charge in [0.2, 0.25) is 0 Å². The second-order valence-corrected chi connectivity index (χ2v) is 4.55. The number of hydrogen-bond donors (Lipinski definition) is 2. The Labute approximate surface area is 107 Å². The van der Waals surface area contributed by atoms with Crippen molar-refractivity contribution in [3.8, 4) is 0 Å². The van der Waals surface area contributed by atoms with Crippen LogP contribution in [0.25, 0.3) is 0 Å². The summed E-state index contributed by atoms with van der Waals surface area (Å²) in [5, 5.41) is 2.85. The molecule has 0 saturated carbocycles. The van der Waals surface area contributed by atoms with Gasteiger partial charge in [0, 0.05) is 5.56 Å². The van der Waals surface area contributed by atoms with E-state index in [4.69, 9.17) is 18.0 Å². The van der Waals surface area contributed by atoms with E-state index in [1.165, 1.54) is 0 Å². The molecule has 1 aromatic carbocycles. The van der Waals surface area contributed by atoms with Crippen molar-refractivity contribution in [1.82, 2.24) is 5.32 Å². The Morgan fingerprint density at radius 3 is 2.47 bits per heavy atom. The van der Waals surface area contributed by atoms with E-state index in [0.717, 1.165) is 18.4 Å². The molecule has 0 radical (unpaired) electrons. The SMILES string of the molecule is CCCC(NC(=O)c1ccc(C)cc1)C(N)=S. The number of nitrogens with one attached hydrogen (secondary N) is 1. The highest BCUT2D eigenvalue weighted by Gasteiger charge is 2.14. The summed E-state index contributed by atoms with van der Waals surface area (Å²) >= 11 is 4.93. The third kappa shape index (κ3) is 4.15. The van der Waals surface area contributed by atoms with Gasteiger partial charge >= 0.3 is 0 Å². The molecule has 0 aromatic heterocycles. The zero-order valence-electron chi connectivity index (χ0n) is 10.2. The van der Waals surface area contributed by atoms with Crippen LogP contribution in [-0.2, 0) is 0 Å². The average Bonchev–Trinajstić information content (AvgIpc) is 2.29. The van der Waals surface area contributed by atoms with Gasteiger partial charge in [-0.15, -0.1) is 0 Å². The molecule has 1 amide bonds. The van der Waals surface area contributed by atoms with E-state index in [1.54, 1.807) is 12.1 Å². The molecule has 1 unspecified atom stereocenters. The van der Waals surface area contributed by atoms with Crippen LogP contribution >= 0.6 is 12.2 Å². The van der Waals surface area contributed by atoms with Crippen LogP contribution in [0.15, 0.2) is 24.3 Å². The highest BCUT2D eigenvalue weighted by Crippen LogP contribution is 2.05. The van der Waals surface area contributed by atoms with E-state index in [2.05, 4.69) is 5.32 Å². The molecule has 92 valence electrons. The van der Waals surface area contributed by atoms with E-state index in [1.807, 2.05) is 26.0 Å². The van der Waals surface area contributed by atoms with Gasteiger partial charge in [0.15, 0.2) is 0 Å². The van der Waals surface area contributed by atoms with E-state index in [0.29, 0.717) is 10.6 Å². The molecular formula is C13H18N2OS. The van der Waals surface area contributed by atoms with Crippen LogP contribution in [-0.4, -0.2) is 16.9 Å². The number of carbonyl (C=O) groups is 1. The van der Waals surface area contributed by atoms with Gasteiger partial charge in [-0.2, -0.15) is 0 Å². The maximum Gasteiger partial charge on any atom is 0.251 e. The summed E-state index contributed by atoms with van der Waals surface area (Å²) in [5.41, 5.74) is 7.35.